The Morgan fingerprint density at radius 3 is 1.20 bits per heavy atom. The van der Waals surface area contributed by atoms with Crippen molar-refractivity contribution in [2.75, 3.05) is 13.1 Å². The lowest BCUT2D eigenvalue weighted by atomic mass is 9.82. The fourth-order valence-corrected chi connectivity index (χ4v) is 8.91. The van der Waals surface area contributed by atoms with Crippen LogP contribution in [0.25, 0.3) is 43.1 Å². The molecule has 5 aromatic rings. The molecule has 2 aliphatic rings. The van der Waals surface area contributed by atoms with Crippen molar-refractivity contribution in [2.45, 2.75) is 117 Å². The maximum atomic E-state index is 14.3. The van der Waals surface area contributed by atoms with E-state index in [1.807, 2.05) is 48.5 Å². The highest BCUT2D eigenvalue weighted by molar-refractivity contribution is 6.41. The van der Waals surface area contributed by atoms with Crippen LogP contribution in [0.1, 0.15) is 159 Å². The zero-order chi connectivity index (χ0) is 35.6. The molecule has 4 amide bonds. The third kappa shape index (κ3) is 6.19. The van der Waals surface area contributed by atoms with Crippen molar-refractivity contribution in [3.8, 4) is 0 Å². The highest BCUT2D eigenvalue weighted by Gasteiger charge is 2.37. The summed E-state index contributed by atoms with van der Waals surface area (Å²) in [6.07, 6.45) is 16.8. The number of carbonyl (C=O) groups is 4. The summed E-state index contributed by atoms with van der Waals surface area (Å²) in [5.74, 6) is -0.565. The summed E-state index contributed by atoms with van der Waals surface area (Å²) in [6, 6.07) is 15.5. The van der Waals surface area contributed by atoms with Gasteiger partial charge in [-0.1, -0.05) is 122 Å². The van der Waals surface area contributed by atoms with Gasteiger partial charge in [0.1, 0.15) is 0 Å². The number of hydrogen-bond acceptors (Lipinski definition) is 4. The molecule has 2 heterocycles. The van der Waals surface area contributed by atoms with Gasteiger partial charge in [-0.25, -0.2) is 0 Å². The number of rotatable bonds is 18. The molecule has 5 aromatic carbocycles. The number of hydrogen-bond donors (Lipinski definition) is 0. The summed E-state index contributed by atoms with van der Waals surface area (Å²) in [5.41, 5.74) is 2.28. The van der Waals surface area contributed by atoms with Gasteiger partial charge in [0, 0.05) is 46.1 Å². The first-order valence-electron chi connectivity index (χ1n) is 19.8. The van der Waals surface area contributed by atoms with Crippen molar-refractivity contribution in [3.05, 3.63) is 70.8 Å². The van der Waals surface area contributed by atoms with Crippen LogP contribution in [0.4, 0.5) is 0 Å². The largest absolute Gasteiger partial charge is 0.274 e. The van der Waals surface area contributed by atoms with Gasteiger partial charge in [0.2, 0.25) is 0 Å². The molecule has 6 heteroatoms. The molecule has 266 valence electrons. The number of imide groups is 2. The first kappa shape index (κ1) is 35.1. The molecule has 0 saturated heterocycles. The number of carbonyl (C=O) groups excluding carboxylic acids is 4. The van der Waals surface area contributed by atoms with E-state index in [1.54, 1.807) is 0 Å². The van der Waals surface area contributed by atoms with E-state index >= 15 is 0 Å². The van der Waals surface area contributed by atoms with Crippen LogP contribution in [0.15, 0.2) is 48.5 Å². The van der Waals surface area contributed by atoms with Crippen molar-refractivity contribution >= 4 is 66.7 Å². The van der Waals surface area contributed by atoms with Crippen LogP contribution in [-0.4, -0.2) is 46.5 Å². The Bertz CT molecular complexity index is 2010. The molecule has 51 heavy (non-hydrogen) atoms. The fraction of sp³-hybridized carbons (Fsp3) is 0.467. The Hall–Kier alpha value is -4.32. The van der Waals surface area contributed by atoms with Gasteiger partial charge in [0.05, 0.1) is 0 Å². The van der Waals surface area contributed by atoms with Crippen molar-refractivity contribution in [3.63, 3.8) is 0 Å². The fourth-order valence-electron chi connectivity index (χ4n) is 8.91. The van der Waals surface area contributed by atoms with E-state index in [9.17, 15) is 19.2 Å². The minimum Gasteiger partial charge on any atom is -0.274 e. The van der Waals surface area contributed by atoms with Gasteiger partial charge in [-0.05, 0) is 81.8 Å². The summed E-state index contributed by atoms with van der Waals surface area (Å²) >= 11 is 0. The van der Waals surface area contributed by atoms with Gasteiger partial charge in [0.25, 0.3) is 23.6 Å². The predicted molar refractivity (Wildman–Crippen MR) is 208 cm³/mol. The molecule has 2 aliphatic heterocycles. The lowest BCUT2D eigenvalue weighted by molar-refractivity contribution is 0.0571. The van der Waals surface area contributed by atoms with Crippen LogP contribution >= 0.6 is 0 Å². The second-order valence-corrected chi connectivity index (χ2v) is 15.1. The minimum atomic E-state index is -0.229. The monoisotopic (exact) mass is 684 g/mol. The van der Waals surface area contributed by atoms with E-state index in [4.69, 9.17) is 0 Å². The standard InChI is InChI=1S/C45H52N2O4/c1-4-7-10-12-15-18-29(17-14-9-6-3)28-47-44(50)36-25-21-32-30-19-23-34-40-35(43(49)46(42(34)48)27-16-13-11-8-5-2)24-20-31(38(30)40)33-22-26-37(45(47)51)41(36)39(32)33/h19-26,29H,4-18,27-28H2,1-3H3. The molecule has 1 unspecified atom stereocenters. The highest BCUT2D eigenvalue weighted by atomic mass is 16.2. The Balaban J connectivity index is 1.26. The molecule has 7 rings (SSSR count). The zero-order valence-corrected chi connectivity index (χ0v) is 30.7. The van der Waals surface area contributed by atoms with Crippen LogP contribution in [0, 0.1) is 5.92 Å². The predicted octanol–water partition coefficient (Wildman–Crippen LogP) is 11.5. The van der Waals surface area contributed by atoms with Gasteiger partial charge in [-0.15, -0.1) is 0 Å². The van der Waals surface area contributed by atoms with Crippen molar-refractivity contribution in [1.82, 2.24) is 9.80 Å². The molecule has 0 N–H and O–H groups in total. The van der Waals surface area contributed by atoms with Crippen LogP contribution in [0.5, 0.6) is 0 Å². The number of nitrogens with zero attached hydrogens (tertiary/aromatic N) is 2. The maximum absolute atomic E-state index is 14.3. The first-order chi connectivity index (χ1) is 24.9. The molecule has 0 aliphatic carbocycles. The van der Waals surface area contributed by atoms with Crippen LogP contribution in [0.2, 0.25) is 0 Å². The van der Waals surface area contributed by atoms with Crippen LogP contribution in [-0.2, 0) is 0 Å². The van der Waals surface area contributed by atoms with Crippen molar-refractivity contribution in [1.29, 1.82) is 0 Å². The Labute approximate surface area is 301 Å². The van der Waals surface area contributed by atoms with E-state index in [-0.39, 0.29) is 23.6 Å². The average molecular weight is 685 g/mol. The third-order valence-corrected chi connectivity index (χ3v) is 11.7. The molecule has 6 nitrogen and oxygen atoms in total. The second kappa shape index (κ2) is 15.1. The van der Waals surface area contributed by atoms with Gasteiger partial charge in [-0.2, -0.15) is 0 Å². The van der Waals surface area contributed by atoms with Crippen molar-refractivity contribution < 1.29 is 19.2 Å². The smallest absolute Gasteiger partial charge is 0.261 e. The van der Waals surface area contributed by atoms with Crippen LogP contribution in [0.3, 0.4) is 0 Å². The summed E-state index contributed by atoms with van der Waals surface area (Å²) in [6.45, 7) is 7.50. The van der Waals surface area contributed by atoms with Gasteiger partial charge in [-0.3, -0.25) is 29.0 Å². The molecule has 0 spiro atoms. The van der Waals surface area contributed by atoms with Gasteiger partial charge >= 0.3 is 0 Å². The van der Waals surface area contributed by atoms with Gasteiger partial charge < -0.3 is 0 Å². The summed E-state index contributed by atoms with van der Waals surface area (Å²) in [4.78, 5) is 59.1. The molecular weight excluding hydrogens is 633 g/mol. The molecule has 1 atom stereocenters. The quantitative estimate of drug-likeness (QED) is 0.0398. The first-order valence-corrected chi connectivity index (χ1v) is 19.8. The highest BCUT2D eigenvalue weighted by Crippen LogP contribution is 2.46. The van der Waals surface area contributed by atoms with E-state index < -0.39 is 0 Å². The molecule has 0 aromatic heterocycles. The summed E-state index contributed by atoms with van der Waals surface area (Å²) in [7, 11) is 0. The lowest BCUT2D eigenvalue weighted by Gasteiger charge is -2.32. The van der Waals surface area contributed by atoms with E-state index in [1.165, 1.54) is 41.9 Å². The topological polar surface area (TPSA) is 74.8 Å². The van der Waals surface area contributed by atoms with Crippen molar-refractivity contribution in [2.24, 2.45) is 5.92 Å². The van der Waals surface area contributed by atoms with Crippen LogP contribution < -0.4 is 0 Å². The molecule has 0 bridgehead atoms. The summed E-state index contributed by atoms with van der Waals surface area (Å²) in [5, 5.41) is 6.95. The lowest BCUT2D eigenvalue weighted by Crippen LogP contribution is -2.43. The summed E-state index contributed by atoms with van der Waals surface area (Å²) < 4.78 is 0. The SMILES string of the molecule is CCCCCCCC(CCCCC)CN1C(=O)c2ccc3c4ccc5c6c(ccc(c7ccc(c2c37)C1=O)c64)C(=O)N(CCCCCCC)C5=O. The Kier molecular flexibility index (Phi) is 10.4. The second-order valence-electron chi connectivity index (χ2n) is 15.1. The molecule has 0 fully saturated rings. The number of amides is 4. The Morgan fingerprint density at radius 2 is 0.765 bits per heavy atom. The minimum absolute atomic E-state index is 0.204. The zero-order valence-electron chi connectivity index (χ0n) is 30.7. The number of benzene rings is 5. The third-order valence-electron chi connectivity index (χ3n) is 11.7. The number of fused-ring (bicyclic) bond motifs is 2. The van der Waals surface area contributed by atoms with E-state index in [0.717, 1.165) is 102 Å². The number of unbranched alkanes of at least 4 members (excludes halogenated alkanes) is 10. The maximum Gasteiger partial charge on any atom is 0.261 e. The average Bonchev–Trinajstić information content (AvgIpc) is 3.14. The van der Waals surface area contributed by atoms with E-state index in [0.29, 0.717) is 46.6 Å². The van der Waals surface area contributed by atoms with E-state index in [2.05, 4.69) is 20.8 Å². The Morgan fingerprint density at radius 1 is 0.412 bits per heavy atom. The van der Waals surface area contributed by atoms with Gasteiger partial charge in [0.15, 0.2) is 0 Å². The molecule has 0 saturated carbocycles. The normalized spacial score (nSPS) is 15.1. The molecular formula is C45H52N2O4. The molecule has 0 radical (unpaired) electrons.